The number of likely N-dealkylation sites (tertiary alicyclic amines) is 1. The van der Waals surface area contributed by atoms with Gasteiger partial charge in [0.15, 0.2) is 11.5 Å². The lowest BCUT2D eigenvalue weighted by Gasteiger charge is -2.29. The van der Waals surface area contributed by atoms with Gasteiger partial charge in [-0.15, -0.1) is 11.3 Å². The van der Waals surface area contributed by atoms with Crippen LogP contribution < -0.4 is 9.47 Å². The van der Waals surface area contributed by atoms with Gasteiger partial charge in [-0.2, -0.15) is 0 Å². The van der Waals surface area contributed by atoms with E-state index in [9.17, 15) is 5.11 Å². The number of fused-ring (bicyclic) bond motifs is 1. The number of nitrogens with zero attached hydrogens (tertiary/aromatic N) is 2. The summed E-state index contributed by atoms with van der Waals surface area (Å²) in [6, 6.07) is 16.4. The van der Waals surface area contributed by atoms with Crippen molar-refractivity contribution in [3.05, 3.63) is 64.5 Å². The van der Waals surface area contributed by atoms with Crippen molar-refractivity contribution >= 4 is 11.3 Å². The van der Waals surface area contributed by atoms with Crippen LogP contribution in [0.5, 0.6) is 17.2 Å². The highest BCUT2D eigenvalue weighted by Gasteiger charge is 2.24. The van der Waals surface area contributed by atoms with E-state index in [2.05, 4.69) is 48.0 Å². The first-order chi connectivity index (χ1) is 16.5. The number of piperidine rings is 1. The maximum absolute atomic E-state index is 10.3. The van der Waals surface area contributed by atoms with Gasteiger partial charge in [0.2, 0.25) is 0 Å². The van der Waals surface area contributed by atoms with Crippen molar-refractivity contribution in [1.29, 1.82) is 0 Å². The van der Waals surface area contributed by atoms with Crippen LogP contribution in [0.3, 0.4) is 0 Å². The largest absolute Gasteiger partial charge is 0.508 e. The monoisotopic (exact) mass is 478 g/mol. The average molecular weight is 479 g/mol. The predicted molar refractivity (Wildman–Crippen MR) is 138 cm³/mol. The van der Waals surface area contributed by atoms with Crippen molar-refractivity contribution in [1.82, 2.24) is 9.80 Å². The van der Waals surface area contributed by atoms with Gasteiger partial charge < -0.3 is 19.5 Å². The van der Waals surface area contributed by atoms with E-state index in [1.165, 1.54) is 34.7 Å². The van der Waals surface area contributed by atoms with E-state index in [1.807, 2.05) is 29.5 Å². The smallest absolute Gasteiger partial charge is 0.165 e. The molecular formula is C28H34N2O3S. The van der Waals surface area contributed by atoms with Gasteiger partial charge in [-0.05, 0) is 69.3 Å². The number of aromatic hydroxyl groups is 1. The van der Waals surface area contributed by atoms with Crippen LogP contribution in [0.25, 0.3) is 10.4 Å². The lowest BCUT2D eigenvalue weighted by atomic mass is 9.99. The highest BCUT2D eigenvalue weighted by molar-refractivity contribution is 7.15. The van der Waals surface area contributed by atoms with Gasteiger partial charge in [-0.3, -0.25) is 4.90 Å². The number of ether oxygens (including phenoxy) is 2. The van der Waals surface area contributed by atoms with Gasteiger partial charge >= 0.3 is 0 Å². The minimum Gasteiger partial charge on any atom is -0.508 e. The standard InChI is InChI=1S/C28H34N2O3S/c1-20-9-10-27(34-20)23-14-24-18-30(17-22-7-3-4-8-25(22)31)12-13-32-28(24)26(15-23)33-19-21-6-5-11-29(2)16-21/h3-4,7-10,14-15,21,31H,5-6,11-13,16-19H2,1-2H3. The summed E-state index contributed by atoms with van der Waals surface area (Å²) in [4.78, 5) is 7.29. The van der Waals surface area contributed by atoms with Crippen molar-refractivity contribution in [3.63, 3.8) is 0 Å². The fourth-order valence-corrected chi connectivity index (χ4v) is 5.87. The van der Waals surface area contributed by atoms with E-state index in [4.69, 9.17) is 9.47 Å². The molecule has 5 rings (SSSR count). The summed E-state index contributed by atoms with van der Waals surface area (Å²) >= 11 is 1.81. The van der Waals surface area contributed by atoms with Crippen molar-refractivity contribution in [2.75, 3.05) is 39.9 Å². The highest BCUT2D eigenvalue weighted by Crippen LogP contribution is 2.41. The van der Waals surface area contributed by atoms with Gasteiger partial charge in [0, 0.05) is 53.0 Å². The number of benzene rings is 2. The SMILES string of the molecule is Cc1ccc(-c2cc3c(c(OCC4CCCN(C)C4)c2)OCCN(Cc2ccccc2O)C3)s1. The summed E-state index contributed by atoms with van der Waals surface area (Å²) in [5.41, 5.74) is 3.27. The Labute approximate surface area is 206 Å². The Morgan fingerprint density at radius 2 is 2.03 bits per heavy atom. The maximum atomic E-state index is 10.3. The van der Waals surface area contributed by atoms with Crippen LogP contribution in [0.1, 0.15) is 28.8 Å². The summed E-state index contributed by atoms with van der Waals surface area (Å²) in [6.45, 7) is 7.95. The summed E-state index contributed by atoms with van der Waals surface area (Å²) in [6.07, 6.45) is 2.44. The molecule has 1 fully saturated rings. The number of hydrogen-bond acceptors (Lipinski definition) is 6. The Kier molecular flexibility index (Phi) is 7.09. The minimum absolute atomic E-state index is 0.345. The molecule has 1 saturated heterocycles. The summed E-state index contributed by atoms with van der Waals surface area (Å²) < 4.78 is 12.8. The number of hydrogen-bond donors (Lipinski definition) is 1. The summed E-state index contributed by atoms with van der Waals surface area (Å²) in [5, 5.41) is 10.3. The van der Waals surface area contributed by atoms with Crippen LogP contribution >= 0.6 is 11.3 Å². The van der Waals surface area contributed by atoms with Crippen LogP contribution in [0.2, 0.25) is 0 Å². The van der Waals surface area contributed by atoms with Gasteiger partial charge in [-0.1, -0.05) is 18.2 Å². The molecule has 0 spiro atoms. The van der Waals surface area contributed by atoms with Crippen LogP contribution in [-0.2, 0) is 13.1 Å². The molecule has 0 aliphatic carbocycles. The number of rotatable bonds is 6. The molecule has 180 valence electrons. The first-order valence-electron chi connectivity index (χ1n) is 12.2. The Morgan fingerprint density at radius 3 is 2.82 bits per heavy atom. The van der Waals surface area contributed by atoms with Gasteiger partial charge in [0.25, 0.3) is 0 Å². The van der Waals surface area contributed by atoms with Crippen LogP contribution in [0, 0.1) is 12.8 Å². The Morgan fingerprint density at radius 1 is 1.15 bits per heavy atom. The van der Waals surface area contributed by atoms with E-state index < -0.39 is 0 Å². The topological polar surface area (TPSA) is 45.2 Å². The molecule has 2 aromatic carbocycles. The molecule has 3 aromatic rings. The summed E-state index contributed by atoms with van der Waals surface area (Å²) in [5.74, 6) is 2.62. The molecule has 1 aromatic heterocycles. The zero-order valence-corrected chi connectivity index (χ0v) is 20.9. The number of para-hydroxylation sites is 1. The zero-order valence-electron chi connectivity index (χ0n) is 20.1. The fourth-order valence-electron chi connectivity index (χ4n) is 5.01. The van der Waals surface area contributed by atoms with Gasteiger partial charge in [0.05, 0.1) is 6.61 Å². The van der Waals surface area contributed by atoms with Crippen molar-refractivity contribution in [2.45, 2.75) is 32.9 Å². The molecule has 0 radical (unpaired) electrons. The minimum atomic E-state index is 0.345. The molecule has 0 bridgehead atoms. The molecule has 1 unspecified atom stereocenters. The van der Waals surface area contributed by atoms with Crippen molar-refractivity contribution in [3.8, 4) is 27.7 Å². The third-order valence-corrected chi connectivity index (χ3v) is 7.84. The van der Waals surface area contributed by atoms with Gasteiger partial charge in [-0.25, -0.2) is 0 Å². The molecule has 1 atom stereocenters. The van der Waals surface area contributed by atoms with E-state index in [0.29, 0.717) is 31.4 Å². The molecular weight excluding hydrogens is 444 g/mol. The fraction of sp³-hybridized carbons (Fsp3) is 0.429. The quantitative estimate of drug-likeness (QED) is 0.504. The van der Waals surface area contributed by atoms with Crippen LogP contribution in [0.15, 0.2) is 48.5 Å². The molecule has 2 aliphatic rings. The first kappa shape index (κ1) is 23.2. The second kappa shape index (κ2) is 10.4. The molecule has 0 saturated carbocycles. The molecule has 1 N–H and O–H groups in total. The van der Waals surface area contributed by atoms with E-state index in [-0.39, 0.29) is 0 Å². The van der Waals surface area contributed by atoms with Crippen molar-refractivity contribution < 1.29 is 14.6 Å². The number of phenolic OH excluding ortho intramolecular Hbond substituents is 1. The van der Waals surface area contributed by atoms with Crippen LogP contribution in [-0.4, -0.2) is 54.8 Å². The molecule has 34 heavy (non-hydrogen) atoms. The highest BCUT2D eigenvalue weighted by atomic mass is 32.1. The third-order valence-electron chi connectivity index (χ3n) is 6.79. The Hall–Kier alpha value is -2.54. The molecule has 6 heteroatoms. The van der Waals surface area contributed by atoms with E-state index in [1.54, 1.807) is 6.07 Å². The average Bonchev–Trinajstić information content (AvgIpc) is 3.15. The normalized spacial score (nSPS) is 19.3. The second-order valence-corrected chi connectivity index (χ2v) is 10.9. The molecule has 2 aliphatic heterocycles. The number of phenols is 1. The Balaban J connectivity index is 1.43. The Bertz CT molecular complexity index is 1130. The first-order valence-corrected chi connectivity index (χ1v) is 13.0. The lowest BCUT2D eigenvalue weighted by Crippen LogP contribution is -2.34. The lowest BCUT2D eigenvalue weighted by molar-refractivity contribution is 0.146. The van der Waals surface area contributed by atoms with E-state index >= 15 is 0 Å². The molecule has 5 nitrogen and oxygen atoms in total. The van der Waals surface area contributed by atoms with Gasteiger partial charge in [0.1, 0.15) is 12.4 Å². The number of aryl methyl sites for hydroxylation is 1. The third kappa shape index (κ3) is 5.40. The second-order valence-electron chi connectivity index (χ2n) is 9.64. The maximum Gasteiger partial charge on any atom is 0.165 e. The number of thiophene rings is 1. The zero-order chi connectivity index (χ0) is 23.5. The van der Waals surface area contributed by atoms with Crippen LogP contribution in [0.4, 0.5) is 0 Å². The van der Waals surface area contributed by atoms with E-state index in [0.717, 1.165) is 42.3 Å². The predicted octanol–water partition coefficient (Wildman–Crippen LogP) is 5.54. The van der Waals surface area contributed by atoms with Crippen molar-refractivity contribution in [2.24, 2.45) is 5.92 Å². The summed E-state index contributed by atoms with van der Waals surface area (Å²) in [7, 11) is 2.19. The molecule has 0 amide bonds. The molecule has 3 heterocycles.